The maximum absolute atomic E-state index is 11.9. The second-order valence-corrected chi connectivity index (χ2v) is 5.96. The zero-order chi connectivity index (χ0) is 18.9. The summed E-state index contributed by atoms with van der Waals surface area (Å²) in [5.74, 6) is 1.73. The molecule has 26 heavy (non-hydrogen) atoms. The van der Waals surface area contributed by atoms with Crippen molar-refractivity contribution in [2.75, 3.05) is 27.9 Å². The van der Waals surface area contributed by atoms with E-state index in [1.54, 1.807) is 33.5 Å². The van der Waals surface area contributed by atoms with Crippen LogP contribution in [0.15, 0.2) is 36.4 Å². The van der Waals surface area contributed by atoms with Crippen molar-refractivity contribution in [3.05, 3.63) is 52.5 Å². The Kier molecular flexibility index (Phi) is 7.41. The number of urea groups is 1. The zero-order valence-electron chi connectivity index (χ0n) is 15.1. The van der Waals surface area contributed by atoms with Crippen molar-refractivity contribution < 1.29 is 19.0 Å². The van der Waals surface area contributed by atoms with Crippen LogP contribution >= 0.6 is 11.6 Å². The van der Waals surface area contributed by atoms with Gasteiger partial charge in [0.1, 0.15) is 0 Å². The molecule has 2 N–H and O–H groups in total. The SMILES string of the molecule is COc1cc(CCNC(=O)NCc2ccc(Cl)cc2)cc(OC)c1OC. The lowest BCUT2D eigenvalue weighted by molar-refractivity contribution is 0.240. The third-order valence-corrected chi connectivity index (χ3v) is 4.04. The minimum atomic E-state index is -0.229. The molecule has 0 aliphatic carbocycles. The Labute approximate surface area is 158 Å². The van der Waals surface area contributed by atoms with Crippen molar-refractivity contribution in [2.45, 2.75) is 13.0 Å². The van der Waals surface area contributed by atoms with Crippen LogP contribution in [-0.2, 0) is 13.0 Å². The van der Waals surface area contributed by atoms with E-state index in [1.807, 2.05) is 24.3 Å². The maximum Gasteiger partial charge on any atom is 0.315 e. The lowest BCUT2D eigenvalue weighted by Crippen LogP contribution is -2.36. The first kappa shape index (κ1) is 19.7. The number of nitrogens with one attached hydrogen (secondary N) is 2. The van der Waals surface area contributed by atoms with Gasteiger partial charge in [0.25, 0.3) is 0 Å². The number of rotatable bonds is 8. The van der Waals surface area contributed by atoms with Crippen molar-refractivity contribution in [3.8, 4) is 17.2 Å². The van der Waals surface area contributed by atoms with Crippen LogP contribution in [0.25, 0.3) is 0 Å². The van der Waals surface area contributed by atoms with Gasteiger partial charge in [0.15, 0.2) is 11.5 Å². The quantitative estimate of drug-likeness (QED) is 0.738. The molecule has 0 aliphatic rings. The molecule has 0 unspecified atom stereocenters. The van der Waals surface area contributed by atoms with E-state index in [1.165, 1.54) is 0 Å². The van der Waals surface area contributed by atoms with E-state index in [-0.39, 0.29) is 6.03 Å². The van der Waals surface area contributed by atoms with Crippen LogP contribution in [0.5, 0.6) is 17.2 Å². The molecular weight excluding hydrogens is 356 g/mol. The van der Waals surface area contributed by atoms with Gasteiger partial charge in [-0.05, 0) is 41.8 Å². The first-order valence-electron chi connectivity index (χ1n) is 8.12. The lowest BCUT2D eigenvalue weighted by atomic mass is 10.1. The number of carbonyl (C=O) groups is 1. The van der Waals surface area contributed by atoms with E-state index < -0.39 is 0 Å². The average Bonchev–Trinajstić information content (AvgIpc) is 2.66. The molecule has 2 amide bonds. The van der Waals surface area contributed by atoms with Gasteiger partial charge in [-0.25, -0.2) is 4.79 Å². The Morgan fingerprint density at radius 1 is 0.923 bits per heavy atom. The molecule has 0 saturated heterocycles. The highest BCUT2D eigenvalue weighted by molar-refractivity contribution is 6.30. The van der Waals surface area contributed by atoms with E-state index in [0.717, 1.165) is 11.1 Å². The average molecular weight is 379 g/mol. The summed E-state index contributed by atoms with van der Waals surface area (Å²) in [5.41, 5.74) is 1.95. The Bertz CT molecular complexity index is 710. The number of ether oxygens (including phenoxy) is 3. The smallest absolute Gasteiger partial charge is 0.315 e. The highest BCUT2D eigenvalue weighted by Gasteiger charge is 2.13. The fourth-order valence-electron chi connectivity index (χ4n) is 2.45. The highest BCUT2D eigenvalue weighted by Crippen LogP contribution is 2.38. The standard InChI is InChI=1S/C19H23ClN2O4/c1-24-16-10-14(11-17(25-2)18(16)26-3)8-9-21-19(23)22-12-13-4-6-15(20)7-5-13/h4-7,10-11H,8-9,12H2,1-3H3,(H2,21,22,23). The van der Waals surface area contributed by atoms with Gasteiger partial charge in [0.2, 0.25) is 5.75 Å². The van der Waals surface area contributed by atoms with Crippen LogP contribution < -0.4 is 24.8 Å². The normalized spacial score (nSPS) is 10.2. The monoisotopic (exact) mass is 378 g/mol. The van der Waals surface area contributed by atoms with E-state index in [2.05, 4.69) is 10.6 Å². The zero-order valence-corrected chi connectivity index (χ0v) is 15.9. The first-order valence-corrected chi connectivity index (χ1v) is 8.50. The molecule has 0 radical (unpaired) electrons. The van der Waals surface area contributed by atoms with Crippen molar-refractivity contribution in [1.29, 1.82) is 0 Å². The summed E-state index contributed by atoms with van der Waals surface area (Å²) >= 11 is 5.84. The predicted molar refractivity (Wildman–Crippen MR) is 101 cm³/mol. The lowest BCUT2D eigenvalue weighted by Gasteiger charge is -2.14. The second kappa shape index (κ2) is 9.77. The molecule has 2 rings (SSSR count). The number of hydrogen-bond acceptors (Lipinski definition) is 4. The molecule has 0 atom stereocenters. The second-order valence-electron chi connectivity index (χ2n) is 5.52. The number of carbonyl (C=O) groups excluding carboxylic acids is 1. The van der Waals surface area contributed by atoms with Crippen LogP contribution in [0, 0.1) is 0 Å². The molecule has 0 saturated carbocycles. The maximum atomic E-state index is 11.9. The molecule has 0 heterocycles. The Morgan fingerprint density at radius 2 is 1.54 bits per heavy atom. The Morgan fingerprint density at radius 3 is 2.08 bits per heavy atom. The van der Waals surface area contributed by atoms with E-state index >= 15 is 0 Å². The summed E-state index contributed by atoms with van der Waals surface area (Å²) in [6, 6.07) is 10.8. The topological polar surface area (TPSA) is 68.8 Å². The number of halogens is 1. The molecule has 2 aromatic carbocycles. The largest absolute Gasteiger partial charge is 0.493 e. The van der Waals surface area contributed by atoms with Gasteiger partial charge in [-0.3, -0.25) is 0 Å². The third-order valence-electron chi connectivity index (χ3n) is 3.79. The van der Waals surface area contributed by atoms with Crippen molar-refractivity contribution in [2.24, 2.45) is 0 Å². The van der Waals surface area contributed by atoms with Gasteiger partial charge in [-0.1, -0.05) is 23.7 Å². The molecule has 0 fully saturated rings. The van der Waals surface area contributed by atoms with Crippen molar-refractivity contribution in [1.82, 2.24) is 10.6 Å². The Balaban J connectivity index is 1.84. The van der Waals surface area contributed by atoms with Crippen LogP contribution in [0.2, 0.25) is 5.02 Å². The van der Waals surface area contributed by atoms with Crippen LogP contribution in [-0.4, -0.2) is 33.9 Å². The molecule has 140 valence electrons. The predicted octanol–water partition coefficient (Wildman–Crippen LogP) is 3.41. The number of amides is 2. The van der Waals surface area contributed by atoms with Gasteiger partial charge in [-0.15, -0.1) is 0 Å². The third kappa shape index (κ3) is 5.46. The van der Waals surface area contributed by atoms with Gasteiger partial charge in [-0.2, -0.15) is 0 Å². The van der Waals surface area contributed by atoms with E-state index in [4.69, 9.17) is 25.8 Å². The summed E-state index contributed by atoms with van der Waals surface area (Å²) in [4.78, 5) is 11.9. The molecule has 7 heteroatoms. The van der Waals surface area contributed by atoms with Crippen LogP contribution in [0.4, 0.5) is 4.79 Å². The minimum Gasteiger partial charge on any atom is -0.493 e. The summed E-state index contributed by atoms with van der Waals surface area (Å²) < 4.78 is 16.0. The van der Waals surface area contributed by atoms with E-state index in [0.29, 0.717) is 41.8 Å². The number of methoxy groups -OCH3 is 3. The summed E-state index contributed by atoms with van der Waals surface area (Å²) in [6.07, 6.45) is 0.630. The van der Waals surface area contributed by atoms with Crippen LogP contribution in [0.3, 0.4) is 0 Å². The molecule has 6 nitrogen and oxygen atoms in total. The number of benzene rings is 2. The summed E-state index contributed by atoms with van der Waals surface area (Å²) in [7, 11) is 4.71. The van der Waals surface area contributed by atoms with Gasteiger partial charge in [0, 0.05) is 18.1 Å². The molecule has 0 aliphatic heterocycles. The van der Waals surface area contributed by atoms with Crippen LogP contribution in [0.1, 0.15) is 11.1 Å². The Hall–Kier alpha value is -2.60. The molecule has 0 bridgehead atoms. The van der Waals surface area contributed by atoms with Gasteiger partial charge < -0.3 is 24.8 Å². The van der Waals surface area contributed by atoms with Crippen molar-refractivity contribution in [3.63, 3.8) is 0 Å². The molecule has 0 spiro atoms. The molecule has 0 aromatic heterocycles. The fourth-order valence-corrected chi connectivity index (χ4v) is 2.57. The fraction of sp³-hybridized carbons (Fsp3) is 0.316. The first-order chi connectivity index (χ1) is 12.6. The highest BCUT2D eigenvalue weighted by atomic mass is 35.5. The van der Waals surface area contributed by atoms with Crippen molar-refractivity contribution >= 4 is 17.6 Å². The van der Waals surface area contributed by atoms with E-state index in [9.17, 15) is 4.79 Å². The van der Waals surface area contributed by atoms with Gasteiger partial charge >= 0.3 is 6.03 Å². The molecule has 2 aromatic rings. The summed E-state index contributed by atoms with van der Waals surface area (Å²) in [6.45, 7) is 0.915. The minimum absolute atomic E-state index is 0.229. The number of hydrogen-bond donors (Lipinski definition) is 2. The summed E-state index contributed by atoms with van der Waals surface area (Å²) in [5, 5.41) is 6.30. The molecular formula is C19H23ClN2O4. The van der Waals surface area contributed by atoms with Gasteiger partial charge in [0.05, 0.1) is 21.3 Å².